The predicted molar refractivity (Wildman–Crippen MR) is 89.7 cm³/mol. The fourth-order valence-corrected chi connectivity index (χ4v) is 3.02. The number of nitrogens with zero attached hydrogens (tertiary/aromatic N) is 2. The van der Waals surface area contributed by atoms with Gasteiger partial charge in [-0.25, -0.2) is 4.98 Å². The molecular weight excluding hydrogens is 258 g/mol. The maximum Gasteiger partial charge on any atom is 0.133 e. The molecule has 3 nitrogen and oxygen atoms in total. The summed E-state index contributed by atoms with van der Waals surface area (Å²) in [6.45, 7) is 5.15. The number of fused-ring (bicyclic) bond motifs is 1. The highest BCUT2D eigenvalue weighted by Gasteiger charge is 2.21. The van der Waals surface area contributed by atoms with E-state index in [1.807, 2.05) is 0 Å². The van der Waals surface area contributed by atoms with Crippen LogP contribution in [0, 0.1) is 5.92 Å². The Bertz CT molecular complexity index is 604. The molecule has 1 N–H and O–H groups in total. The minimum Gasteiger partial charge on any atom is -0.359 e. The van der Waals surface area contributed by atoms with Crippen LogP contribution in [-0.2, 0) is 6.54 Å². The molecule has 0 unspecified atom stereocenters. The van der Waals surface area contributed by atoms with Crippen LogP contribution in [0.5, 0.6) is 0 Å². The van der Waals surface area contributed by atoms with Crippen LogP contribution in [0.25, 0.3) is 10.9 Å². The van der Waals surface area contributed by atoms with Gasteiger partial charge in [-0.3, -0.25) is 0 Å². The zero-order valence-electron chi connectivity index (χ0n) is 13.1. The van der Waals surface area contributed by atoms with Crippen molar-refractivity contribution in [1.29, 1.82) is 0 Å². The lowest BCUT2D eigenvalue weighted by Gasteiger charge is -2.31. The minimum absolute atomic E-state index is 0.857. The van der Waals surface area contributed by atoms with Crippen molar-refractivity contribution in [3.05, 3.63) is 35.9 Å². The first kappa shape index (κ1) is 14.3. The van der Waals surface area contributed by atoms with E-state index >= 15 is 0 Å². The van der Waals surface area contributed by atoms with Gasteiger partial charge in [0, 0.05) is 31.1 Å². The molecule has 2 aromatic rings. The van der Waals surface area contributed by atoms with Gasteiger partial charge in [-0.05, 0) is 37.4 Å². The number of para-hydroxylation sites is 1. The second kappa shape index (κ2) is 6.44. The molecule has 1 aliphatic carbocycles. The van der Waals surface area contributed by atoms with Crippen LogP contribution in [0.3, 0.4) is 0 Å². The SMILES string of the molecule is CCNCc1cc2ccccc2nc1N(C)CC1CCC1. The van der Waals surface area contributed by atoms with Gasteiger partial charge in [0.1, 0.15) is 5.82 Å². The van der Waals surface area contributed by atoms with Crippen molar-refractivity contribution in [2.24, 2.45) is 5.92 Å². The summed E-state index contributed by atoms with van der Waals surface area (Å²) in [6, 6.07) is 10.7. The van der Waals surface area contributed by atoms with E-state index in [9.17, 15) is 0 Å². The standard InChI is InChI=1S/C18H25N3/c1-3-19-12-16-11-15-9-4-5-10-17(15)20-18(16)21(2)13-14-7-6-8-14/h4-5,9-11,14,19H,3,6-8,12-13H2,1-2H3. The quantitative estimate of drug-likeness (QED) is 0.878. The van der Waals surface area contributed by atoms with E-state index in [2.05, 4.69) is 54.5 Å². The molecule has 1 aliphatic rings. The van der Waals surface area contributed by atoms with Crippen LogP contribution < -0.4 is 10.2 Å². The molecule has 112 valence electrons. The molecule has 0 bridgehead atoms. The Labute approximate surface area is 127 Å². The maximum absolute atomic E-state index is 4.93. The number of hydrogen-bond acceptors (Lipinski definition) is 3. The second-order valence-corrected chi connectivity index (χ2v) is 6.12. The summed E-state index contributed by atoms with van der Waals surface area (Å²) < 4.78 is 0. The number of anilines is 1. The van der Waals surface area contributed by atoms with Gasteiger partial charge in [-0.1, -0.05) is 31.5 Å². The Kier molecular flexibility index (Phi) is 4.39. The molecule has 1 fully saturated rings. The fraction of sp³-hybridized carbons (Fsp3) is 0.500. The number of benzene rings is 1. The molecule has 0 saturated heterocycles. The van der Waals surface area contributed by atoms with Gasteiger partial charge in [0.05, 0.1) is 5.52 Å². The van der Waals surface area contributed by atoms with Crippen molar-refractivity contribution in [2.45, 2.75) is 32.7 Å². The molecule has 0 spiro atoms. The largest absolute Gasteiger partial charge is 0.359 e. The Morgan fingerprint density at radius 1 is 1.29 bits per heavy atom. The van der Waals surface area contributed by atoms with Crippen molar-refractivity contribution < 1.29 is 0 Å². The van der Waals surface area contributed by atoms with Crippen LogP contribution in [0.2, 0.25) is 0 Å². The van der Waals surface area contributed by atoms with Crippen molar-refractivity contribution in [2.75, 3.05) is 25.0 Å². The summed E-state index contributed by atoms with van der Waals surface area (Å²) in [4.78, 5) is 7.28. The Morgan fingerprint density at radius 3 is 2.81 bits per heavy atom. The average Bonchev–Trinajstić information content (AvgIpc) is 2.47. The Morgan fingerprint density at radius 2 is 2.10 bits per heavy atom. The molecule has 1 aromatic carbocycles. The summed E-state index contributed by atoms with van der Waals surface area (Å²) in [5.41, 5.74) is 2.39. The Balaban J connectivity index is 1.91. The maximum atomic E-state index is 4.93. The topological polar surface area (TPSA) is 28.2 Å². The fourth-order valence-electron chi connectivity index (χ4n) is 3.02. The smallest absolute Gasteiger partial charge is 0.133 e. The van der Waals surface area contributed by atoms with Gasteiger partial charge in [-0.15, -0.1) is 0 Å². The molecule has 3 heteroatoms. The lowest BCUT2D eigenvalue weighted by molar-refractivity contribution is 0.321. The monoisotopic (exact) mass is 283 g/mol. The summed E-state index contributed by atoms with van der Waals surface area (Å²) in [6.07, 6.45) is 4.15. The van der Waals surface area contributed by atoms with Gasteiger partial charge in [0.15, 0.2) is 0 Å². The molecular formula is C18H25N3. The molecule has 3 rings (SSSR count). The first-order chi connectivity index (χ1) is 10.3. The van der Waals surface area contributed by atoms with E-state index in [1.54, 1.807) is 0 Å². The van der Waals surface area contributed by atoms with Gasteiger partial charge >= 0.3 is 0 Å². The van der Waals surface area contributed by atoms with Crippen LogP contribution in [-0.4, -0.2) is 25.1 Å². The van der Waals surface area contributed by atoms with Crippen LogP contribution in [0.4, 0.5) is 5.82 Å². The molecule has 0 aliphatic heterocycles. The van der Waals surface area contributed by atoms with Gasteiger partial charge < -0.3 is 10.2 Å². The number of rotatable bonds is 6. The molecule has 0 radical (unpaired) electrons. The zero-order valence-corrected chi connectivity index (χ0v) is 13.1. The number of nitrogens with one attached hydrogen (secondary N) is 1. The van der Waals surface area contributed by atoms with Gasteiger partial charge in [0.2, 0.25) is 0 Å². The van der Waals surface area contributed by atoms with E-state index < -0.39 is 0 Å². The lowest BCUT2D eigenvalue weighted by Crippen LogP contribution is -2.31. The van der Waals surface area contributed by atoms with Crippen LogP contribution >= 0.6 is 0 Å². The number of pyridine rings is 1. The molecule has 1 heterocycles. The third-order valence-electron chi connectivity index (χ3n) is 4.46. The molecule has 0 atom stereocenters. The average molecular weight is 283 g/mol. The summed E-state index contributed by atoms with van der Waals surface area (Å²) in [7, 11) is 2.19. The van der Waals surface area contributed by atoms with Gasteiger partial charge in [-0.2, -0.15) is 0 Å². The lowest BCUT2D eigenvalue weighted by atomic mass is 9.85. The van der Waals surface area contributed by atoms with Crippen molar-refractivity contribution in [1.82, 2.24) is 10.3 Å². The molecule has 21 heavy (non-hydrogen) atoms. The number of aromatic nitrogens is 1. The van der Waals surface area contributed by atoms with Crippen LogP contribution in [0.15, 0.2) is 30.3 Å². The molecule has 1 aromatic heterocycles. The van der Waals surface area contributed by atoms with Crippen molar-refractivity contribution >= 4 is 16.7 Å². The van der Waals surface area contributed by atoms with E-state index in [1.165, 1.54) is 30.2 Å². The minimum atomic E-state index is 0.857. The third-order valence-corrected chi connectivity index (χ3v) is 4.46. The first-order valence-electron chi connectivity index (χ1n) is 8.08. The second-order valence-electron chi connectivity index (χ2n) is 6.12. The van der Waals surface area contributed by atoms with E-state index in [-0.39, 0.29) is 0 Å². The summed E-state index contributed by atoms with van der Waals surface area (Å²) in [5.74, 6) is 2.00. The van der Waals surface area contributed by atoms with Crippen molar-refractivity contribution in [3.63, 3.8) is 0 Å². The predicted octanol–water partition coefficient (Wildman–Crippen LogP) is 3.58. The highest BCUT2D eigenvalue weighted by atomic mass is 15.2. The van der Waals surface area contributed by atoms with Gasteiger partial charge in [0.25, 0.3) is 0 Å². The first-order valence-corrected chi connectivity index (χ1v) is 8.08. The number of hydrogen-bond donors (Lipinski definition) is 1. The zero-order chi connectivity index (χ0) is 14.7. The third kappa shape index (κ3) is 3.18. The summed E-state index contributed by atoms with van der Waals surface area (Å²) >= 11 is 0. The normalized spacial score (nSPS) is 15.1. The molecule has 1 saturated carbocycles. The van der Waals surface area contributed by atoms with Crippen LogP contribution in [0.1, 0.15) is 31.7 Å². The van der Waals surface area contributed by atoms with E-state index in [0.29, 0.717) is 0 Å². The van der Waals surface area contributed by atoms with E-state index in [4.69, 9.17) is 4.98 Å². The van der Waals surface area contributed by atoms with Crippen molar-refractivity contribution in [3.8, 4) is 0 Å². The Hall–Kier alpha value is -1.61. The highest BCUT2D eigenvalue weighted by molar-refractivity contribution is 5.81. The highest BCUT2D eigenvalue weighted by Crippen LogP contribution is 2.30. The molecule has 0 amide bonds. The summed E-state index contributed by atoms with van der Waals surface area (Å²) in [5, 5.41) is 4.67. The van der Waals surface area contributed by atoms with E-state index in [0.717, 1.165) is 36.9 Å².